The van der Waals surface area contributed by atoms with Crippen molar-refractivity contribution in [3.63, 3.8) is 0 Å². The lowest BCUT2D eigenvalue weighted by molar-refractivity contribution is -0.141. The molecule has 0 spiro atoms. The summed E-state index contributed by atoms with van der Waals surface area (Å²) in [5.41, 5.74) is 2.41. The van der Waals surface area contributed by atoms with Crippen molar-refractivity contribution in [2.45, 2.75) is 52.0 Å². The zero-order chi connectivity index (χ0) is 22.1. The molecule has 0 aromatic heterocycles. The summed E-state index contributed by atoms with van der Waals surface area (Å²) in [5, 5.41) is 6.10. The predicted octanol–water partition coefficient (Wildman–Crippen LogP) is 4.76. The quantitative estimate of drug-likeness (QED) is 0.589. The van der Waals surface area contributed by atoms with Crippen LogP contribution >= 0.6 is 11.6 Å². The Morgan fingerprint density at radius 2 is 1.77 bits per heavy atom. The number of nitrogens with one attached hydrogen (secondary N) is 2. The van der Waals surface area contributed by atoms with Gasteiger partial charge in [-0.25, -0.2) is 4.79 Å². The number of esters is 1. The Balaban J connectivity index is 1.99. The number of carbonyl (C=O) groups is 2. The Bertz CT molecular complexity index is 864. The number of amides is 2. The van der Waals surface area contributed by atoms with Crippen LogP contribution in [0.4, 0.5) is 4.79 Å². The molecule has 0 fully saturated rings. The first-order valence-electron chi connectivity index (χ1n) is 9.75. The molecular weight excluding hydrogens is 404 g/mol. The second-order valence-electron chi connectivity index (χ2n) is 7.90. The highest BCUT2D eigenvalue weighted by Gasteiger charge is 2.21. The molecule has 30 heavy (non-hydrogen) atoms. The van der Waals surface area contributed by atoms with E-state index in [4.69, 9.17) is 21.1 Å². The largest absolute Gasteiger partial charge is 0.469 e. The van der Waals surface area contributed by atoms with Gasteiger partial charge in [-0.3, -0.25) is 4.79 Å². The van der Waals surface area contributed by atoms with Crippen molar-refractivity contribution in [2.24, 2.45) is 0 Å². The normalized spacial score (nSPS) is 12.2. The molecule has 0 heterocycles. The molecule has 162 valence electrons. The first-order chi connectivity index (χ1) is 14.2. The van der Waals surface area contributed by atoms with Gasteiger partial charge in [-0.05, 0) is 43.5 Å². The fraction of sp³-hybridized carbons (Fsp3) is 0.391. The van der Waals surface area contributed by atoms with E-state index in [2.05, 4.69) is 10.6 Å². The standard InChI is InChI=1S/C23H29ClN2O4/c1-23(2,3)30-15-17-9-7-8-16(12-17)14-25-22(28)26-20(13-21(27)29-4)18-10-5-6-11-19(18)24/h5-12,20H,13-15H2,1-4H3,(H2,25,26,28). The van der Waals surface area contributed by atoms with Gasteiger partial charge in [-0.2, -0.15) is 0 Å². The van der Waals surface area contributed by atoms with Gasteiger partial charge in [0.25, 0.3) is 0 Å². The second-order valence-corrected chi connectivity index (χ2v) is 8.31. The van der Waals surface area contributed by atoms with E-state index in [-0.39, 0.29) is 12.0 Å². The number of ether oxygens (including phenoxy) is 2. The van der Waals surface area contributed by atoms with E-state index in [1.807, 2.05) is 45.0 Å². The van der Waals surface area contributed by atoms with Crippen LogP contribution in [0.1, 0.15) is 49.9 Å². The summed E-state index contributed by atoms with van der Waals surface area (Å²) in [6.45, 7) is 6.85. The molecule has 6 nitrogen and oxygen atoms in total. The number of halogens is 1. The number of hydrogen-bond acceptors (Lipinski definition) is 4. The van der Waals surface area contributed by atoms with E-state index in [1.54, 1.807) is 24.3 Å². The third-order valence-corrected chi connectivity index (χ3v) is 4.64. The fourth-order valence-corrected chi connectivity index (χ4v) is 3.03. The minimum absolute atomic E-state index is 0.0206. The lowest BCUT2D eigenvalue weighted by Crippen LogP contribution is -2.38. The number of methoxy groups -OCH3 is 1. The molecule has 1 atom stereocenters. The highest BCUT2D eigenvalue weighted by atomic mass is 35.5. The van der Waals surface area contributed by atoms with Crippen molar-refractivity contribution in [3.8, 4) is 0 Å². The summed E-state index contributed by atoms with van der Waals surface area (Å²) in [5.74, 6) is -0.438. The Morgan fingerprint density at radius 1 is 1.07 bits per heavy atom. The van der Waals surface area contributed by atoms with Crippen LogP contribution in [0.25, 0.3) is 0 Å². The van der Waals surface area contributed by atoms with Crippen LogP contribution in [0.3, 0.4) is 0 Å². The minimum atomic E-state index is -0.599. The van der Waals surface area contributed by atoms with Gasteiger partial charge in [0.05, 0.1) is 31.8 Å². The molecule has 2 amide bonds. The second kappa shape index (κ2) is 11.0. The van der Waals surface area contributed by atoms with E-state index < -0.39 is 18.0 Å². The van der Waals surface area contributed by atoms with E-state index in [0.717, 1.165) is 11.1 Å². The van der Waals surface area contributed by atoms with E-state index in [9.17, 15) is 9.59 Å². The monoisotopic (exact) mass is 432 g/mol. The highest BCUT2D eigenvalue weighted by Crippen LogP contribution is 2.25. The molecule has 2 aromatic rings. The van der Waals surface area contributed by atoms with Crippen LogP contribution < -0.4 is 10.6 Å². The summed E-state index contributed by atoms with van der Waals surface area (Å²) < 4.78 is 10.5. The van der Waals surface area contributed by atoms with Crippen molar-refractivity contribution in [2.75, 3.05) is 7.11 Å². The van der Waals surface area contributed by atoms with Crippen LogP contribution in [-0.2, 0) is 27.4 Å². The lowest BCUT2D eigenvalue weighted by Gasteiger charge is -2.20. The first kappa shape index (κ1) is 23.7. The maximum atomic E-state index is 12.5. The van der Waals surface area contributed by atoms with Crippen molar-refractivity contribution in [3.05, 3.63) is 70.2 Å². The molecule has 0 saturated heterocycles. The number of urea groups is 1. The molecule has 7 heteroatoms. The van der Waals surface area contributed by atoms with Gasteiger partial charge in [-0.15, -0.1) is 0 Å². The summed E-state index contributed by atoms with van der Waals surface area (Å²) >= 11 is 6.25. The molecule has 0 saturated carbocycles. The Hall–Kier alpha value is -2.57. The number of benzene rings is 2. The zero-order valence-corrected chi connectivity index (χ0v) is 18.6. The van der Waals surface area contributed by atoms with Crippen LogP contribution in [0, 0.1) is 0 Å². The molecule has 0 radical (unpaired) electrons. The molecule has 2 N–H and O–H groups in total. The minimum Gasteiger partial charge on any atom is -0.469 e. The number of carbonyl (C=O) groups excluding carboxylic acids is 2. The first-order valence-corrected chi connectivity index (χ1v) is 10.1. The summed E-state index contributed by atoms with van der Waals surface area (Å²) in [4.78, 5) is 24.3. The average Bonchev–Trinajstić information content (AvgIpc) is 2.70. The van der Waals surface area contributed by atoms with Crippen LogP contribution in [0.5, 0.6) is 0 Å². The van der Waals surface area contributed by atoms with Gasteiger partial charge in [0.2, 0.25) is 0 Å². The third kappa shape index (κ3) is 8.05. The molecule has 0 bridgehead atoms. The lowest BCUT2D eigenvalue weighted by atomic mass is 10.0. The van der Waals surface area contributed by atoms with Gasteiger partial charge >= 0.3 is 12.0 Å². The van der Waals surface area contributed by atoms with Gasteiger partial charge in [0, 0.05) is 11.6 Å². The van der Waals surface area contributed by atoms with Crippen LogP contribution in [-0.4, -0.2) is 24.7 Å². The SMILES string of the molecule is COC(=O)CC(NC(=O)NCc1cccc(COC(C)(C)C)c1)c1ccccc1Cl. The molecule has 1 unspecified atom stereocenters. The highest BCUT2D eigenvalue weighted by molar-refractivity contribution is 6.31. The molecule has 2 rings (SSSR count). The van der Waals surface area contributed by atoms with E-state index in [1.165, 1.54) is 7.11 Å². The fourth-order valence-electron chi connectivity index (χ4n) is 2.77. The van der Waals surface area contributed by atoms with Crippen molar-refractivity contribution in [1.82, 2.24) is 10.6 Å². The zero-order valence-electron chi connectivity index (χ0n) is 17.8. The molecule has 0 aliphatic rings. The maximum Gasteiger partial charge on any atom is 0.315 e. The van der Waals surface area contributed by atoms with Crippen LogP contribution in [0.15, 0.2) is 48.5 Å². The molecule has 0 aliphatic heterocycles. The topological polar surface area (TPSA) is 76.7 Å². The number of hydrogen-bond donors (Lipinski definition) is 2. The van der Waals surface area contributed by atoms with Crippen molar-refractivity contribution in [1.29, 1.82) is 0 Å². The van der Waals surface area contributed by atoms with Gasteiger partial charge in [-0.1, -0.05) is 54.1 Å². The van der Waals surface area contributed by atoms with Crippen molar-refractivity contribution < 1.29 is 19.1 Å². The molecule has 2 aromatic carbocycles. The Kier molecular flexibility index (Phi) is 8.69. The van der Waals surface area contributed by atoms with E-state index in [0.29, 0.717) is 23.7 Å². The van der Waals surface area contributed by atoms with E-state index >= 15 is 0 Å². The summed E-state index contributed by atoms with van der Waals surface area (Å²) in [6, 6.07) is 13.9. The maximum absolute atomic E-state index is 12.5. The van der Waals surface area contributed by atoms with Gasteiger partial charge in [0.1, 0.15) is 0 Å². The predicted molar refractivity (Wildman–Crippen MR) is 117 cm³/mol. The van der Waals surface area contributed by atoms with Gasteiger partial charge in [0.15, 0.2) is 0 Å². The smallest absolute Gasteiger partial charge is 0.315 e. The van der Waals surface area contributed by atoms with Crippen LogP contribution in [0.2, 0.25) is 5.02 Å². The Morgan fingerprint density at radius 3 is 2.43 bits per heavy atom. The Labute approximate surface area is 182 Å². The summed E-state index contributed by atoms with van der Waals surface area (Å²) in [6.07, 6.45) is -0.0206. The average molecular weight is 433 g/mol. The van der Waals surface area contributed by atoms with Crippen molar-refractivity contribution >= 4 is 23.6 Å². The molecule has 0 aliphatic carbocycles. The summed E-state index contributed by atoms with van der Waals surface area (Å²) in [7, 11) is 1.31. The number of rotatable bonds is 8. The third-order valence-electron chi connectivity index (χ3n) is 4.30. The molecular formula is C23H29ClN2O4. The van der Waals surface area contributed by atoms with Gasteiger partial charge < -0.3 is 20.1 Å².